The summed E-state index contributed by atoms with van der Waals surface area (Å²) in [5.41, 5.74) is 13.1. The van der Waals surface area contributed by atoms with E-state index in [0.29, 0.717) is 17.8 Å². The molecule has 0 aliphatic rings. The van der Waals surface area contributed by atoms with Crippen molar-refractivity contribution < 1.29 is 0 Å². The van der Waals surface area contributed by atoms with Crippen molar-refractivity contribution >= 4 is 9.24 Å². The van der Waals surface area contributed by atoms with Crippen molar-refractivity contribution in [3.05, 3.63) is 57.1 Å². The van der Waals surface area contributed by atoms with Gasteiger partial charge in [0, 0.05) is 0 Å². The summed E-state index contributed by atoms with van der Waals surface area (Å²) in [6.45, 7) is 25.2. The molecule has 0 bridgehead atoms. The van der Waals surface area contributed by atoms with Gasteiger partial charge in [0.2, 0.25) is 0 Å². The van der Waals surface area contributed by atoms with Gasteiger partial charge in [-0.25, -0.2) is 0 Å². The molecule has 30 heavy (non-hydrogen) atoms. The van der Waals surface area contributed by atoms with Crippen LogP contribution in [0.15, 0.2) is 18.2 Å². The largest absolute Gasteiger partial charge is 0.138 e. The standard InChI is InChI=1S/C25H36.C4H11P/c1-14(2)21-12-22(15(3)4)25(23(13-21)16(5)6)24-11-17(7)18(8)19(9)20(24)10;1-2-3-4-5/h11-16H,1-10H3;2-5H2,1H3. The predicted octanol–water partition coefficient (Wildman–Crippen LogP) is 9.62. The summed E-state index contributed by atoms with van der Waals surface area (Å²) in [5.74, 6) is 1.60. The van der Waals surface area contributed by atoms with E-state index in [1.807, 2.05) is 0 Å². The molecule has 1 heteroatoms. The van der Waals surface area contributed by atoms with Crippen LogP contribution in [0.5, 0.6) is 0 Å². The first-order valence-electron chi connectivity index (χ1n) is 11.9. The number of hydrogen-bond donors (Lipinski definition) is 0. The summed E-state index contributed by atoms with van der Waals surface area (Å²) in [5, 5.41) is 0. The SMILES string of the molecule is CCCCP.Cc1cc(-c2c(C(C)C)cc(C(C)C)cc2C(C)C)c(C)c(C)c1C. The minimum absolute atomic E-state index is 0.521. The van der Waals surface area contributed by atoms with Crippen LogP contribution in [0.4, 0.5) is 0 Å². The molecule has 0 aliphatic heterocycles. The van der Waals surface area contributed by atoms with E-state index < -0.39 is 0 Å². The number of benzene rings is 2. The highest BCUT2D eigenvalue weighted by atomic mass is 31.0. The van der Waals surface area contributed by atoms with Gasteiger partial charge in [-0.15, -0.1) is 9.24 Å². The van der Waals surface area contributed by atoms with Crippen molar-refractivity contribution in [2.24, 2.45) is 0 Å². The molecule has 0 aliphatic carbocycles. The summed E-state index contributed by atoms with van der Waals surface area (Å²) < 4.78 is 0. The fourth-order valence-electron chi connectivity index (χ4n) is 3.94. The molecule has 0 N–H and O–H groups in total. The maximum absolute atomic E-state index is 2.70. The lowest BCUT2D eigenvalue weighted by Crippen LogP contribution is -2.05. The molecule has 1 unspecified atom stereocenters. The van der Waals surface area contributed by atoms with Crippen molar-refractivity contribution in [3.8, 4) is 11.1 Å². The van der Waals surface area contributed by atoms with Crippen LogP contribution in [-0.2, 0) is 0 Å². The number of unbranched alkanes of at least 4 members (excludes halogenated alkanes) is 1. The Morgan fingerprint density at radius 1 is 0.700 bits per heavy atom. The molecule has 0 amide bonds. The van der Waals surface area contributed by atoms with Gasteiger partial charge in [-0.3, -0.25) is 0 Å². The molecule has 2 aromatic carbocycles. The van der Waals surface area contributed by atoms with Gasteiger partial charge in [0.25, 0.3) is 0 Å². The molecule has 0 heterocycles. The van der Waals surface area contributed by atoms with Gasteiger partial charge in [0.1, 0.15) is 0 Å². The van der Waals surface area contributed by atoms with E-state index in [9.17, 15) is 0 Å². The summed E-state index contributed by atoms with van der Waals surface area (Å²) in [6, 6.07) is 7.33. The van der Waals surface area contributed by atoms with Crippen molar-refractivity contribution in [3.63, 3.8) is 0 Å². The smallest absolute Gasteiger partial charge is 0.0112 e. The third-order valence-corrected chi connectivity index (χ3v) is 6.85. The van der Waals surface area contributed by atoms with E-state index in [-0.39, 0.29) is 0 Å². The van der Waals surface area contributed by atoms with E-state index in [4.69, 9.17) is 0 Å². The molecule has 2 aromatic rings. The van der Waals surface area contributed by atoms with Crippen LogP contribution in [0, 0.1) is 27.7 Å². The van der Waals surface area contributed by atoms with Crippen molar-refractivity contribution in [2.45, 2.75) is 107 Å². The topological polar surface area (TPSA) is 0 Å². The van der Waals surface area contributed by atoms with Crippen LogP contribution in [0.2, 0.25) is 0 Å². The van der Waals surface area contributed by atoms with Gasteiger partial charge < -0.3 is 0 Å². The van der Waals surface area contributed by atoms with Gasteiger partial charge >= 0.3 is 0 Å². The summed E-state index contributed by atoms with van der Waals surface area (Å²) in [4.78, 5) is 0. The lowest BCUT2D eigenvalue weighted by Gasteiger charge is -2.25. The van der Waals surface area contributed by atoms with Gasteiger partial charge in [-0.2, -0.15) is 0 Å². The molecule has 0 saturated heterocycles. The van der Waals surface area contributed by atoms with Gasteiger partial charge in [-0.1, -0.05) is 79.5 Å². The van der Waals surface area contributed by atoms with Crippen LogP contribution >= 0.6 is 9.24 Å². The zero-order valence-electron chi connectivity index (χ0n) is 21.7. The Balaban J connectivity index is 0.000000804. The highest BCUT2D eigenvalue weighted by molar-refractivity contribution is 7.16. The highest BCUT2D eigenvalue weighted by Crippen LogP contribution is 2.41. The molecule has 0 fully saturated rings. The molecule has 168 valence electrons. The first-order chi connectivity index (χ1) is 14.0. The van der Waals surface area contributed by atoms with Gasteiger partial charge in [0.15, 0.2) is 0 Å². The van der Waals surface area contributed by atoms with Crippen LogP contribution < -0.4 is 0 Å². The van der Waals surface area contributed by atoms with Crippen LogP contribution in [0.3, 0.4) is 0 Å². The first-order valence-corrected chi connectivity index (χ1v) is 12.7. The third kappa shape index (κ3) is 6.43. The maximum Gasteiger partial charge on any atom is -0.0112 e. The fourth-order valence-corrected chi connectivity index (χ4v) is 4.35. The summed E-state index contributed by atoms with van der Waals surface area (Å²) >= 11 is 0. The molecule has 0 aromatic heterocycles. The van der Waals surface area contributed by atoms with Gasteiger partial charge in [0.05, 0.1) is 0 Å². The van der Waals surface area contributed by atoms with Crippen LogP contribution in [0.1, 0.15) is 118 Å². The fraction of sp³-hybridized carbons (Fsp3) is 0.586. The second kappa shape index (κ2) is 12.0. The molecular weight excluding hydrogens is 379 g/mol. The third-order valence-electron chi connectivity index (χ3n) is 6.44. The molecule has 0 saturated carbocycles. The van der Waals surface area contributed by atoms with Crippen LogP contribution in [0.25, 0.3) is 11.1 Å². The Labute approximate surface area is 190 Å². The number of hydrogen-bond acceptors (Lipinski definition) is 0. The van der Waals surface area contributed by atoms with E-state index >= 15 is 0 Å². The lowest BCUT2D eigenvalue weighted by molar-refractivity contribution is 0.807. The Kier molecular flexibility index (Phi) is 10.8. The minimum Gasteiger partial charge on any atom is -0.138 e. The zero-order chi connectivity index (χ0) is 23.2. The zero-order valence-corrected chi connectivity index (χ0v) is 22.8. The highest BCUT2D eigenvalue weighted by Gasteiger charge is 2.21. The molecule has 0 spiro atoms. The van der Waals surface area contributed by atoms with Gasteiger partial charge in [-0.05, 0) is 102 Å². The molecule has 0 radical (unpaired) electrons. The predicted molar refractivity (Wildman–Crippen MR) is 143 cm³/mol. The quantitative estimate of drug-likeness (QED) is 0.403. The maximum atomic E-state index is 2.70. The monoisotopic (exact) mass is 426 g/mol. The minimum atomic E-state index is 0.521. The number of rotatable bonds is 6. The molecule has 0 nitrogen and oxygen atoms in total. The van der Waals surface area contributed by atoms with E-state index in [1.165, 1.54) is 69.1 Å². The lowest BCUT2D eigenvalue weighted by atomic mass is 9.79. The Morgan fingerprint density at radius 2 is 1.20 bits per heavy atom. The Bertz CT molecular complexity index is 794. The van der Waals surface area contributed by atoms with E-state index in [2.05, 4.69) is 104 Å². The van der Waals surface area contributed by atoms with Crippen molar-refractivity contribution in [1.82, 2.24) is 0 Å². The van der Waals surface area contributed by atoms with E-state index in [0.717, 1.165) is 0 Å². The number of aryl methyl sites for hydroxylation is 1. The summed E-state index contributed by atoms with van der Waals surface area (Å²) in [7, 11) is 2.70. The molecule has 2 rings (SSSR count). The van der Waals surface area contributed by atoms with Crippen LogP contribution in [-0.4, -0.2) is 6.16 Å². The Hall–Kier alpha value is -1.13. The van der Waals surface area contributed by atoms with Crippen molar-refractivity contribution in [1.29, 1.82) is 0 Å². The molecular formula is C29H47P. The first kappa shape index (κ1) is 26.9. The van der Waals surface area contributed by atoms with E-state index in [1.54, 1.807) is 0 Å². The Morgan fingerprint density at radius 3 is 1.53 bits per heavy atom. The summed E-state index contributed by atoms with van der Waals surface area (Å²) in [6.07, 6.45) is 3.94. The average molecular weight is 427 g/mol. The second-order valence-electron chi connectivity index (χ2n) is 9.80. The second-order valence-corrected chi connectivity index (χ2v) is 10.4. The average Bonchev–Trinajstić information content (AvgIpc) is 2.69. The molecule has 1 atom stereocenters. The van der Waals surface area contributed by atoms with Crippen molar-refractivity contribution in [2.75, 3.05) is 6.16 Å². The normalized spacial score (nSPS) is 11.3.